The van der Waals surface area contributed by atoms with E-state index in [0.717, 1.165) is 64.2 Å². The molecule has 3 N–H and O–H groups in total. The van der Waals surface area contributed by atoms with E-state index in [0.29, 0.717) is 19.3 Å². The van der Waals surface area contributed by atoms with E-state index in [9.17, 15) is 19.8 Å². The normalized spacial score (nSPS) is 13.4. The maximum absolute atomic E-state index is 13.2. The Morgan fingerprint density at radius 2 is 0.864 bits per heavy atom. The molecule has 0 aliphatic carbocycles. The molecule has 3 atom stereocenters. The van der Waals surface area contributed by atoms with Crippen LogP contribution >= 0.6 is 0 Å². The third-order valence-corrected chi connectivity index (χ3v) is 12.0. The molecule has 0 aliphatic rings. The van der Waals surface area contributed by atoms with Crippen molar-refractivity contribution in [2.45, 2.75) is 296 Å². The summed E-state index contributed by atoms with van der Waals surface area (Å²) in [5.74, 6) is -0.474. The van der Waals surface area contributed by atoms with Crippen LogP contribution in [0.1, 0.15) is 278 Å². The van der Waals surface area contributed by atoms with Gasteiger partial charge in [0.15, 0.2) is 0 Å². The van der Waals surface area contributed by atoms with Crippen LogP contribution in [-0.4, -0.2) is 46.9 Å². The molecule has 6 heteroatoms. The summed E-state index contributed by atoms with van der Waals surface area (Å²) < 4.78 is 5.93. The van der Waals surface area contributed by atoms with E-state index in [2.05, 4.69) is 50.4 Å². The fourth-order valence-electron chi connectivity index (χ4n) is 8.05. The van der Waals surface area contributed by atoms with Crippen LogP contribution in [0.2, 0.25) is 0 Å². The predicted molar refractivity (Wildman–Crippen MR) is 255 cm³/mol. The van der Waals surface area contributed by atoms with Crippen molar-refractivity contribution < 1.29 is 24.5 Å². The highest BCUT2D eigenvalue weighted by Gasteiger charge is 2.24. The third kappa shape index (κ3) is 42.8. The topological polar surface area (TPSA) is 95.9 Å². The molecule has 1 amide bonds. The quantitative estimate of drug-likeness (QED) is 0.0322. The van der Waals surface area contributed by atoms with Gasteiger partial charge in [0.1, 0.15) is 6.10 Å². The highest BCUT2D eigenvalue weighted by atomic mass is 16.5. The average Bonchev–Trinajstić information content (AvgIpc) is 3.23. The van der Waals surface area contributed by atoms with Gasteiger partial charge in [-0.3, -0.25) is 9.59 Å². The number of ether oxygens (including phenoxy) is 1. The van der Waals surface area contributed by atoms with Gasteiger partial charge in [-0.2, -0.15) is 0 Å². The van der Waals surface area contributed by atoms with Crippen molar-refractivity contribution in [2.75, 3.05) is 6.61 Å². The van der Waals surface area contributed by atoms with E-state index in [-0.39, 0.29) is 24.9 Å². The van der Waals surface area contributed by atoms with E-state index in [1.165, 1.54) is 167 Å². The maximum atomic E-state index is 13.2. The number of allylic oxidation sites excluding steroid dienone is 4. The van der Waals surface area contributed by atoms with Crippen molar-refractivity contribution in [2.24, 2.45) is 0 Å². The van der Waals surface area contributed by atoms with Gasteiger partial charge >= 0.3 is 5.97 Å². The molecule has 0 spiro atoms. The summed E-state index contributed by atoms with van der Waals surface area (Å²) in [6, 6.07) is -0.701. The van der Waals surface area contributed by atoms with Crippen LogP contribution < -0.4 is 5.32 Å². The van der Waals surface area contributed by atoms with Gasteiger partial charge in [-0.25, -0.2) is 0 Å². The van der Waals surface area contributed by atoms with Gasteiger partial charge in [0, 0.05) is 6.42 Å². The van der Waals surface area contributed by atoms with Crippen LogP contribution in [0, 0.1) is 0 Å². The van der Waals surface area contributed by atoms with Gasteiger partial charge in [-0.05, 0) is 57.8 Å². The zero-order valence-electron chi connectivity index (χ0n) is 39.7. The summed E-state index contributed by atoms with van der Waals surface area (Å²) in [4.78, 5) is 26.1. The molecule has 0 saturated carbocycles. The first-order valence-electron chi connectivity index (χ1n) is 26.1. The summed E-state index contributed by atoms with van der Waals surface area (Å²) in [5, 5.41) is 23.8. The van der Waals surface area contributed by atoms with Crippen LogP contribution in [0.3, 0.4) is 0 Å². The number of amides is 1. The van der Waals surface area contributed by atoms with Crippen molar-refractivity contribution in [3.8, 4) is 0 Å². The summed E-state index contributed by atoms with van der Waals surface area (Å²) in [6.07, 6.45) is 53.7. The van der Waals surface area contributed by atoms with Crippen molar-refractivity contribution in [3.05, 3.63) is 24.3 Å². The Hall–Kier alpha value is -1.66. The number of rotatable bonds is 47. The Morgan fingerprint density at radius 3 is 1.32 bits per heavy atom. The largest absolute Gasteiger partial charge is 0.462 e. The summed E-state index contributed by atoms with van der Waals surface area (Å²) in [7, 11) is 0. The average molecular weight is 832 g/mol. The Kier molecular flexibility index (Phi) is 46.1. The van der Waals surface area contributed by atoms with Gasteiger partial charge in [0.25, 0.3) is 0 Å². The molecule has 0 heterocycles. The summed E-state index contributed by atoms with van der Waals surface area (Å²) in [5.41, 5.74) is 0. The van der Waals surface area contributed by atoms with Crippen LogP contribution in [0.25, 0.3) is 0 Å². The molecule has 348 valence electrons. The van der Waals surface area contributed by atoms with Crippen LogP contribution in [-0.2, 0) is 14.3 Å². The number of nitrogens with one attached hydrogen (secondary N) is 1. The van der Waals surface area contributed by atoms with E-state index in [4.69, 9.17) is 4.74 Å². The van der Waals surface area contributed by atoms with Crippen molar-refractivity contribution in [1.82, 2.24) is 5.32 Å². The second kappa shape index (κ2) is 47.4. The zero-order chi connectivity index (χ0) is 43.1. The second-order valence-electron chi connectivity index (χ2n) is 17.9. The van der Waals surface area contributed by atoms with E-state index in [1.807, 2.05) is 0 Å². The Labute approximate surface area is 367 Å². The minimum Gasteiger partial charge on any atom is -0.462 e. The summed E-state index contributed by atoms with van der Waals surface area (Å²) in [6.45, 7) is 6.47. The number of carbonyl (C=O) groups is 2. The second-order valence-corrected chi connectivity index (χ2v) is 17.9. The first-order chi connectivity index (χ1) is 29.0. The smallest absolute Gasteiger partial charge is 0.306 e. The molecule has 3 unspecified atom stereocenters. The van der Waals surface area contributed by atoms with E-state index in [1.54, 1.807) is 0 Å². The lowest BCUT2D eigenvalue weighted by Crippen LogP contribution is -2.46. The van der Waals surface area contributed by atoms with Crippen molar-refractivity contribution >= 4 is 11.9 Å². The monoisotopic (exact) mass is 832 g/mol. The van der Waals surface area contributed by atoms with Crippen LogP contribution in [0.4, 0.5) is 0 Å². The van der Waals surface area contributed by atoms with Gasteiger partial charge < -0.3 is 20.3 Å². The molecule has 0 fully saturated rings. The van der Waals surface area contributed by atoms with Crippen LogP contribution in [0.15, 0.2) is 24.3 Å². The number of esters is 1. The number of aliphatic hydroxyl groups is 2. The number of hydrogen-bond acceptors (Lipinski definition) is 5. The minimum atomic E-state index is -0.787. The van der Waals surface area contributed by atoms with Gasteiger partial charge in [0.05, 0.1) is 25.2 Å². The predicted octanol–water partition coefficient (Wildman–Crippen LogP) is 15.5. The molecule has 6 nitrogen and oxygen atoms in total. The zero-order valence-corrected chi connectivity index (χ0v) is 39.7. The van der Waals surface area contributed by atoms with Gasteiger partial charge in [0.2, 0.25) is 5.91 Å². The first-order valence-corrected chi connectivity index (χ1v) is 26.1. The SMILES string of the molecule is CCCCC/C=C\C/C=C\CCCCCCCC(CC(=O)NC(CO)C(O)CCCCCCCCCCCCCCC)OC(=O)CCCCCCCCCCCCCC. The molecular formula is C53H101NO5. The number of unbranched alkanes of at least 4 members (excludes halogenated alkanes) is 31. The Morgan fingerprint density at radius 1 is 0.492 bits per heavy atom. The van der Waals surface area contributed by atoms with Gasteiger partial charge in [-0.1, -0.05) is 231 Å². The number of carbonyl (C=O) groups excluding carboxylic acids is 2. The first kappa shape index (κ1) is 57.3. The Bertz CT molecular complexity index is 935. The maximum Gasteiger partial charge on any atom is 0.306 e. The molecule has 0 aliphatic heterocycles. The standard InChI is InChI=1S/C53H101NO5/c1-4-7-10-13-16-19-22-25-26-28-29-32-35-38-41-44-49(59-53(58)46-43-40-37-34-31-24-21-18-15-12-9-6-3)47-52(57)54-50(48-55)51(56)45-42-39-36-33-30-27-23-20-17-14-11-8-5-2/h16,19,25-26,49-51,55-56H,4-15,17-18,20-24,27-48H2,1-3H3,(H,54,57)/b19-16-,26-25-. The van der Waals surface area contributed by atoms with Crippen molar-refractivity contribution in [3.63, 3.8) is 0 Å². The van der Waals surface area contributed by atoms with E-state index >= 15 is 0 Å². The Balaban J connectivity index is 4.58. The minimum absolute atomic E-state index is 0.0734. The molecule has 0 aromatic heterocycles. The lowest BCUT2D eigenvalue weighted by atomic mass is 10.0. The molecule has 59 heavy (non-hydrogen) atoms. The molecule has 0 radical (unpaired) electrons. The van der Waals surface area contributed by atoms with Crippen molar-refractivity contribution in [1.29, 1.82) is 0 Å². The fraction of sp³-hybridized carbons (Fsp3) is 0.887. The highest BCUT2D eigenvalue weighted by Crippen LogP contribution is 2.18. The summed E-state index contributed by atoms with van der Waals surface area (Å²) >= 11 is 0. The lowest BCUT2D eigenvalue weighted by molar-refractivity contribution is -0.151. The van der Waals surface area contributed by atoms with Crippen LogP contribution in [0.5, 0.6) is 0 Å². The van der Waals surface area contributed by atoms with Gasteiger partial charge in [-0.15, -0.1) is 0 Å². The molecular weight excluding hydrogens is 731 g/mol. The molecule has 0 aromatic carbocycles. The lowest BCUT2D eigenvalue weighted by Gasteiger charge is -2.24. The number of aliphatic hydroxyl groups excluding tert-OH is 2. The molecule has 0 aromatic rings. The molecule has 0 saturated heterocycles. The van der Waals surface area contributed by atoms with E-state index < -0.39 is 18.2 Å². The molecule has 0 bridgehead atoms. The molecule has 0 rings (SSSR count). The highest BCUT2D eigenvalue weighted by molar-refractivity contribution is 5.77. The number of hydrogen-bond donors (Lipinski definition) is 3. The third-order valence-electron chi connectivity index (χ3n) is 12.0. The fourth-order valence-corrected chi connectivity index (χ4v) is 8.05.